The van der Waals surface area contributed by atoms with Gasteiger partial charge in [-0.1, -0.05) is 12.6 Å². The molecule has 0 fully saturated rings. The lowest BCUT2D eigenvalue weighted by Crippen LogP contribution is -2.13. The fourth-order valence-electron chi connectivity index (χ4n) is 1.36. The summed E-state index contributed by atoms with van der Waals surface area (Å²) >= 11 is 0. The second-order valence-electron chi connectivity index (χ2n) is 4.12. The van der Waals surface area contributed by atoms with Gasteiger partial charge in [0.2, 0.25) is 0 Å². The average Bonchev–Trinajstić information content (AvgIpc) is 2.31. The molecule has 3 heteroatoms. The van der Waals surface area contributed by atoms with Gasteiger partial charge in [0, 0.05) is 12.6 Å². The zero-order valence-electron chi connectivity index (χ0n) is 10.8. The normalized spacial score (nSPS) is 11.2. The number of aldehydes is 1. The van der Waals surface area contributed by atoms with Crippen LogP contribution >= 0.6 is 0 Å². The monoisotopic (exact) mass is 230 g/mol. The van der Waals surface area contributed by atoms with Crippen LogP contribution in [0, 0.1) is 13.8 Å². The van der Waals surface area contributed by atoms with Gasteiger partial charge in [-0.3, -0.25) is 9.80 Å². The summed E-state index contributed by atoms with van der Waals surface area (Å²) in [5.41, 5.74) is 4.49. The molecule has 3 nitrogen and oxygen atoms in total. The van der Waals surface area contributed by atoms with Crippen molar-refractivity contribution < 1.29 is 4.79 Å². The Morgan fingerprint density at radius 1 is 1.35 bits per heavy atom. The van der Waals surface area contributed by atoms with E-state index in [0.717, 1.165) is 5.69 Å². The molecule has 0 saturated heterocycles. The molecule has 0 N–H and O–H groups in total. The molecule has 0 bridgehead atoms. The zero-order chi connectivity index (χ0) is 13.0. The minimum Gasteiger partial charge on any atom is -0.298 e. The Labute approximate surface area is 102 Å². The van der Waals surface area contributed by atoms with Gasteiger partial charge in [-0.05, 0) is 44.0 Å². The van der Waals surface area contributed by atoms with E-state index >= 15 is 0 Å². The summed E-state index contributed by atoms with van der Waals surface area (Å²) in [7, 11) is 1.85. The molecule has 0 aliphatic carbocycles. The highest BCUT2D eigenvalue weighted by Crippen LogP contribution is 2.18. The summed E-state index contributed by atoms with van der Waals surface area (Å²) in [5, 5.41) is 6.05. The van der Waals surface area contributed by atoms with Crippen molar-refractivity contribution in [3.05, 3.63) is 41.5 Å². The summed E-state index contributed by atoms with van der Waals surface area (Å²) < 4.78 is 0. The second kappa shape index (κ2) is 5.43. The minimum absolute atomic E-state index is 0.403. The van der Waals surface area contributed by atoms with E-state index in [0.29, 0.717) is 17.6 Å². The first-order chi connectivity index (χ1) is 7.95. The largest absolute Gasteiger partial charge is 0.298 e. The van der Waals surface area contributed by atoms with Crippen LogP contribution in [-0.4, -0.2) is 19.0 Å². The number of anilines is 1. The van der Waals surface area contributed by atoms with Gasteiger partial charge in [0.05, 0.1) is 11.4 Å². The van der Waals surface area contributed by atoms with Crippen LogP contribution in [0.4, 0.5) is 5.69 Å². The van der Waals surface area contributed by atoms with Gasteiger partial charge in [-0.25, -0.2) is 0 Å². The van der Waals surface area contributed by atoms with Gasteiger partial charge in [0.25, 0.3) is 0 Å². The summed E-state index contributed by atoms with van der Waals surface area (Å²) in [5.74, 6) is 0. The number of rotatable bonds is 4. The van der Waals surface area contributed by atoms with Crippen LogP contribution in [0.3, 0.4) is 0 Å². The van der Waals surface area contributed by atoms with E-state index in [4.69, 9.17) is 0 Å². The lowest BCUT2D eigenvalue weighted by Gasteiger charge is -2.15. The summed E-state index contributed by atoms with van der Waals surface area (Å²) in [6, 6.07) is 6.12. The Morgan fingerprint density at radius 2 is 2.00 bits per heavy atom. The van der Waals surface area contributed by atoms with Crippen LogP contribution in [0.5, 0.6) is 0 Å². The number of nitrogens with zero attached hydrogens (tertiary/aromatic N) is 2. The Morgan fingerprint density at radius 3 is 2.53 bits per heavy atom. The first-order valence-corrected chi connectivity index (χ1v) is 5.46. The smallest absolute Gasteiger partial charge is 0.151 e. The Hall–Kier alpha value is -1.90. The molecule has 1 aromatic carbocycles. The van der Waals surface area contributed by atoms with Gasteiger partial charge in [0.1, 0.15) is 0 Å². The fourth-order valence-corrected chi connectivity index (χ4v) is 1.36. The van der Waals surface area contributed by atoms with E-state index in [2.05, 4.69) is 37.7 Å². The van der Waals surface area contributed by atoms with Crippen LogP contribution in [0.2, 0.25) is 0 Å². The number of hydrogen-bond acceptors (Lipinski definition) is 3. The van der Waals surface area contributed by atoms with E-state index in [9.17, 15) is 4.79 Å². The molecule has 0 atom stereocenters. The molecule has 0 unspecified atom stereocenters. The summed E-state index contributed by atoms with van der Waals surface area (Å²) in [6.07, 6.45) is 0.715. The number of carbonyl (C=O) groups excluding carboxylic acids is 1. The topological polar surface area (TPSA) is 32.7 Å². The quantitative estimate of drug-likeness (QED) is 0.345. The maximum absolute atomic E-state index is 10.6. The van der Waals surface area contributed by atoms with Crippen LogP contribution in [0.15, 0.2) is 35.5 Å². The Balaban J connectivity index is 2.97. The highest BCUT2D eigenvalue weighted by molar-refractivity contribution is 6.13. The molecule has 90 valence electrons. The van der Waals surface area contributed by atoms with Crippen molar-refractivity contribution in [2.24, 2.45) is 5.10 Å². The third-order valence-corrected chi connectivity index (χ3v) is 2.77. The van der Waals surface area contributed by atoms with Crippen LogP contribution in [0.25, 0.3) is 0 Å². The van der Waals surface area contributed by atoms with E-state index in [1.165, 1.54) is 11.1 Å². The molecular weight excluding hydrogens is 212 g/mol. The van der Waals surface area contributed by atoms with Gasteiger partial charge < -0.3 is 0 Å². The standard InChI is InChI=1S/C14H18N2O/c1-10-6-7-14(8-11(10)2)16(5)15-13(4)12(3)9-17/h6-9H,3H2,1-2,4-5H3/b15-13-. The van der Waals surface area contributed by atoms with Crippen molar-refractivity contribution in [3.63, 3.8) is 0 Å². The van der Waals surface area contributed by atoms with Crippen molar-refractivity contribution in [2.75, 3.05) is 12.1 Å². The van der Waals surface area contributed by atoms with Gasteiger partial charge >= 0.3 is 0 Å². The van der Waals surface area contributed by atoms with E-state index < -0.39 is 0 Å². The van der Waals surface area contributed by atoms with Crippen LogP contribution in [0.1, 0.15) is 18.1 Å². The molecule has 0 amide bonds. The number of hydrogen-bond donors (Lipinski definition) is 0. The molecule has 0 aliphatic rings. The number of benzene rings is 1. The molecular formula is C14H18N2O. The molecule has 17 heavy (non-hydrogen) atoms. The lowest BCUT2D eigenvalue weighted by atomic mass is 10.1. The number of allylic oxidation sites excluding steroid dienone is 1. The lowest BCUT2D eigenvalue weighted by molar-refractivity contribution is -0.104. The summed E-state index contributed by atoms with van der Waals surface area (Å²) in [6.45, 7) is 9.53. The second-order valence-corrected chi connectivity index (χ2v) is 4.12. The molecule has 0 aromatic heterocycles. The average molecular weight is 230 g/mol. The highest BCUT2D eigenvalue weighted by atomic mass is 16.1. The van der Waals surface area contributed by atoms with Crippen molar-refractivity contribution in [1.82, 2.24) is 0 Å². The first kappa shape index (κ1) is 13.2. The number of aryl methyl sites for hydroxylation is 2. The molecule has 1 aromatic rings. The fraction of sp³-hybridized carbons (Fsp3) is 0.286. The molecule has 1 rings (SSSR count). The van der Waals surface area contributed by atoms with E-state index in [1.807, 2.05) is 13.1 Å². The SMILES string of the molecule is C=C(C=O)/C(C)=N\N(C)c1ccc(C)c(C)c1. The predicted molar refractivity (Wildman–Crippen MR) is 72.6 cm³/mol. The Bertz CT molecular complexity index is 475. The van der Waals surface area contributed by atoms with Crippen molar-refractivity contribution in [3.8, 4) is 0 Å². The third-order valence-electron chi connectivity index (χ3n) is 2.77. The predicted octanol–water partition coefficient (Wildman–Crippen LogP) is 2.87. The Kier molecular flexibility index (Phi) is 4.21. The third kappa shape index (κ3) is 3.28. The molecule has 0 radical (unpaired) electrons. The molecule has 0 heterocycles. The summed E-state index contributed by atoms with van der Waals surface area (Å²) in [4.78, 5) is 10.6. The van der Waals surface area contributed by atoms with Crippen molar-refractivity contribution in [1.29, 1.82) is 0 Å². The zero-order valence-corrected chi connectivity index (χ0v) is 10.8. The number of hydrazone groups is 1. The van der Waals surface area contributed by atoms with E-state index in [1.54, 1.807) is 11.9 Å². The van der Waals surface area contributed by atoms with Gasteiger partial charge in [0.15, 0.2) is 6.29 Å². The molecule has 0 saturated carbocycles. The van der Waals surface area contributed by atoms with Gasteiger partial charge in [-0.2, -0.15) is 5.10 Å². The van der Waals surface area contributed by atoms with Crippen molar-refractivity contribution >= 4 is 17.7 Å². The molecule has 0 spiro atoms. The van der Waals surface area contributed by atoms with Crippen LogP contribution < -0.4 is 5.01 Å². The van der Waals surface area contributed by atoms with E-state index in [-0.39, 0.29) is 0 Å². The minimum atomic E-state index is 0.403. The molecule has 0 aliphatic heterocycles. The first-order valence-electron chi connectivity index (χ1n) is 5.46. The van der Waals surface area contributed by atoms with Crippen molar-refractivity contribution in [2.45, 2.75) is 20.8 Å². The van der Waals surface area contributed by atoms with Gasteiger partial charge in [-0.15, -0.1) is 0 Å². The number of carbonyl (C=O) groups is 1. The maximum atomic E-state index is 10.6. The van der Waals surface area contributed by atoms with Crippen LogP contribution in [-0.2, 0) is 4.79 Å². The highest BCUT2D eigenvalue weighted by Gasteiger charge is 2.03. The maximum Gasteiger partial charge on any atom is 0.151 e.